The summed E-state index contributed by atoms with van der Waals surface area (Å²) in [7, 11) is 0. The summed E-state index contributed by atoms with van der Waals surface area (Å²) >= 11 is 0. The zero-order chi connectivity index (χ0) is 18.2. The van der Waals surface area contributed by atoms with Crippen LogP contribution >= 0.6 is 0 Å². The molecule has 7 heteroatoms. The van der Waals surface area contributed by atoms with Gasteiger partial charge < -0.3 is 29.2 Å². The highest BCUT2D eigenvalue weighted by Gasteiger charge is 2.40. The lowest BCUT2D eigenvalue weighted by Gasteiger charge is -2.37. The van der Waals surface area contributed by atoms with Crippen LogP contribution in [0, 0.1) is 0 Å². The van der Waals surface area contributed by atoms with Crippen molar-refractivity contribution in [2.75, 3.05) is 51.4 Å². The topological polar surface area (TPSA) is 69.3 Å². The van der Waals surface area contributed by atoms with E-state index in [1.54, 1.807) is 0 Å². The van der Waals surface area contributed by atoms with E-state index in [-0.39, 0.29) is 6.03 Å². The Morgan fingerprint density at radius 2 is 1.92 bits per heavy atom. The third kappa shape index (κ3) is 5.17. The quantitative estimate of drug-likeness (QED) is 0.753. The molecule has 26 heavy (non-hydrogen) atoms. The fourth-order valence-corrected chi connectivity index (χ4v) is 3.23. The molecular formula is C19H28N2O5. The number of ether oxygens (including phenoxy) is 4. The Kier molecular flexibility index (Phi) is 6.85. The van der Waals surface area contributed by atoms with Crippen LogP contribution in [-0.2, 0) is 25.6 Å². The number of carbonyl (C=O) groups is 1. The van der Waals surface area contributed by atoms with Crippen LogP contribution in [0.3, 0.4) is 0 Å². The summed E-state index contributed by atoms with van der Waals surface area (Å²) in [6.45, 7) is 6.86. The number of rotatable bonds is 7. The number of piperidine rings is 1. The molecule has 3 rings (SSSR count). The summed E-state index contributed by atoms with van der Waals surface area (Å²) in [5, 5.41) is 2.97. The van der Waals surface area contributed by atoms with Crippen molar-refractivity contribution in [3.8, 4) is 0 Å². The molecule has 2 fully saturated rings. The first kappa shape index (κ1) is 19.1. The molecule has 0 aromatic heterocycles. The van der Waals surface area contributed by atoms with Crippen LogP contribution in [0.2, 0.25) is 0 Å². The number of nitrogens with zero attached hydrogens (tertiary/aromatic N) is 1. The number of hydrogen-bond donors (Lipinski definition) is 1. The molecule has 0 radical (unpaired) electrons. The summed E-state index contributed by atoms with van der Waals surface area (Å²) in [6.07, 6.45) is 1.43. The van der Waals surface area contributed by atoms with Crippen LogP contribution in [0.4, 0.5) is 10.5 Å². The molecule has 2 amide bonds. The average molecular weight is 364 g/mol. The lowest BCUT2D eigenvalue weighted by atomic mass is 10.0. The summed E-state index contributed by atoms with van der Waals surface area (Å²) in [5.74, 6) is -0.463. The van der Waals surface area contributed by atoms with Crippen molar-refractivity contribution >= 4 is 11.7 Å². The minimum absolute atomic E-state index is 0.0905. The number of hydrogen-bond acceptors (Lipinski definition) is 5. The van der Waals surface area contributed by atoms with Gasteiger partial charge in [0.25, 0.3) is 0 Å². The van der Waals surface area contributed by atoms with Crippen LogP contribution in [0.5, 0.6) is 0 Å². The SMILES string of the molecule is CCOCCOCc1cccc(NC(=O)N2CCC3(CC2)OCCO3)c1. The van der Waals surface area contributed by atoms with Gasteiger partial charge in [-0.3, -0.25) is 0 Å². The summed E-state index contributed by atoms with van der Waals surface area (Å²) in [5.41, 5.74) is 1.79. The van der Waals surface area contributed by atoms with Crippen molar-refractivity contribution in [2.24, 2.45) is 0 Å². The fraction of sp³-hybridized carbons (Fsp3) is 0.632. The first-order valence-corrected chi connectivity index (χ1v) is 9.29. The number of likely N-dealkylation sites (tertiary alicyclic amines) is 1. The molecule has 1 N–H and O–H groups in total. The molecule has 144 valence electrons. The Morgan fingerprint density at radius 3 is 2.65 bits per heavy atom. The maximum Gasteiger partial charge on any atom is 0.321 e. The second-order valence-electron chi connectivity index (χ2n) is 6.47. The van der Waals surface area contributed by atoms with Gasteiger partial charge in [-0.05, 0) is 24.6 Å². The number of carbonyl (C=O) groups excluding carboxylic acids is 1. The molecular weight excluding hydrogens is 336 g/mol. The third-order valence-corrected chi connectivity index (χ3v) is 4.65. The van der Waals surface area contributed by atoms with Crippen LogP contribution in [0.25, 0.3) is 0 Å². The minimum atomic E-state index is -0.463. The smallest absolute Gasteiger partial charge is 0.321 e. The minimum Gasteiger partial charge on any atom is -0.379 e. The first-order chi connectivity index (χ1) is 12.7. The van der Waals surface area contributed by atoms with Gasteiger partial charge in [0.15, 0.2) is 5.79 Å². The fourth-order valence-electron chi connectivity index (χ4n) is 3.23. The van der Waals surface area contributed by atoms with Crippen molar-refractivity contribution in [2.45, 2.75) is 32.2 Å². The number of amides is 2. The zero-order valence-electron chi connectivity index (χ0n) is 15.4. The standard InChI is InChI=1S/C19H28N2O5/c1-2-23-10-11-24-15-16-4-3-5-17(14-16)20-18(22)21-8-6-19(7-9-21)25-12-13-26-19/h3-5,14H,2,6-13,15H2,1H3,(H,20,22). The van der Waals surface area contributed by atoms with Gasteiger partial charge in [0.05, 0.1) is 33.0 Å². The van der Waals surface area contributed by atoms with E-state index in [2.05, 4.69) is 5.32 Å². The molecule has 2 aliphatic rings. The van der Waals surface area contributed by atoms with E-state index >= 15 is 0 Å². The molecule has 0 unspecified atom stereocenters. The predicted molar refractivity (Wildman–Crippen MR) is 97.1 cm³/mol. The van der Waals surface area contributed by atoms with E-state index < -0.39 is 5.79 Å². The molecule has 1 aromatic rings. The van der Waals surface area contributed by atoms with Gasteiger partial charge in [0.2, 0.25) is 0 Å². The van der Waals surface area contributed by atoms with Crippen LogP contribution < -0.4 is 5.32 Å². The van der Waals surface area contributed by atoms with E-state index in [0.717, 1.165) is 11.3 Å². The molecule has 1 aromatic carbocycles. The van der Waals surface area contributed by atoms with Crippen molar-refractivity contribution in [3.05, 3.63) is 29.8 Å². The number of anilines is 1. The highest BCUT2D eigenvalue weighted by molar-refractivity contribution is 5.89. The molecule has 0 bridgehead atoms. The lowest BCUT2D eigenvalue weighted by Crippen LogP contribution is -2.48. The Morgan fingerprint density at radius 1 is 1.19 bits per heavy atom. The Hall–Kier alpha value is -1.67. The van der Waals surface area contributed by atoms with Gasteiger partial charge in [-0.25, -0.2) is 4.79 Å². The van der Waals surface area contributed by atoms with E-state index in [9.17, 15) is 4.79 Å². The summed E-state index contributed by atoms with van der Waals surface area (Å²) < 4.78 is 22.2. The van der Waals surface area contributed by atoms with E-state index in [1.807, 2.05) is 36.1 Å². The van der Waals surface area contributed by atoms with Crippen LogP contribution in [-0.4, -0.2) is 62.8 Å². The van der Waals surface area contributed by atoms with Gasteiger partial charge in [-0.1, -0.05) is 12.1 Å². The van der Waals surface area contributed by atoms with E-state index in [1.165, 1.54) is 0 Å². The maximum absolute atomic E-state index is 12.5. The number of urea groups is 1. The van der Waals surface area contributed by atoms with E-state index in [0.29, 0.717) is 65.6 Å². The van der Waals surface area contributed by atoms with Crippen molar-refractivity contribution in [3.63, 3.8) is 0 Å². The lowest BCUT2D eigenvalue weighted by molar-refractivity contribution is -0.181. The summed E-state index contributed by atoms with van der Waals surface area (Å²) in [4.78, 5) is 14.3. The van der Waals surface area contributed by atoms with Crippen molar-refractivity contribution in [1.29, 1.82) is 0 Å². The molecule has 2 saturated heterocycles. The third-order valence-electron chi connectivity index (χ3n) is 4.65. The first-order valence-electron chi connectivity index (χ1n) is 9.29. The maximum atomic E-state index is 12.5. The average Bonchev–Trinajstić information content (AvgIpc) is 3.10. The Balaban J connectivity index is 1.44. The van der Waals surface area contributed by atoms with Crippen molar-refractivity contribution < 1.29 is 23.7 Å². The van der Waals surface area contributed by atoms with Gasteiger partial charge in [0, 0.05) is 38.2 Å². The second-order valence-corrected chi connectivity index (χ2v) is 6.47. The largest absolute Gasteiger partial charge is 0.379 e. The zero-order valence-corrected chi connectivity index (χ0v) is 15.4. The van der Waals surface area contributed by atoms with Gasteiger partial charge in [-0.2, -0.15) is 0 Å². The molecule has 0 saturated carbocycles. The monoisotopic (exact) mass is 364 g/mol. The molecule has 2 heterocycles. The van der Waals surface area contributed by atoms with Crippen LogP contribution in [0.1, 0.15) is 25.3 Å². The Bertz CT molecular complexity index is 579. The predicted octanol–water partition coefficient (Wildman–Crippen LogP) is 2.61. The molecule has 1 spiro atoms. The normalized spacial score (nSPS) is 19.0. The molecule has 2 aliphatic heterocycles. The highest BCUT2D eigenvalue weighted by atomic mass is 16.7. The van der Waals surface area contributed by atoms with E-state index in [4.69, 9.17) is 18.9 Å². The molecule has 0 atom stereocenters. The second kappa shape index (κ2) is 9.32. The van der Waals surface area contributed by atoms with Crippen LogP contribution in [0.15, 0.2) is 24.3 Å². The summed E-state index contributed by atoms with van der Waals surface area (Å²) in [6, 6.07) is 7.63. The van der Waals surface area contributed by atoms with Crippen molar-refractivity contribution in [1.82, 2.24) is 4.90 Å². The van der Waals surface area contributed by atoms with Gasteiger partial charge in [-0.15, -0.1) is 0 Å². The molecule has 0 aliphatic carbocycles. The Labute approximate surface area is 154 Å². The van der Waals surface area contributed by atoms with Gasteiger partial charge in [0.1, 0.15) is 0 Å². The highest BCUT2D eigenvalue weighted by Crippen LogP contribution is 2.31. The molecule has 7 nitrogen and oxygen atoms in total. The van der Waals surface area contributed by atoms with Gasteiger partial charge >= 0.3 is 6.03 Å². The number of nitrogens with one attached hydrogen (secondary N) is 1. The number of benzene rings is 1.